The Balaban J connectivity index is 1.78. The zero-order valence-corrected chi connectivity index (χ0v) is 17.7. The summed E-state index contributed by atoms with van der Waals surface area (Å²) in [5.74, 6) is -1.58. The number of carbonyl (C=O) groups is 2. The lowest BCUT2D eigenvalue weighted by Crippen LogP contribution is -2.34. The van der Waals surface area contributed by atoms with Gasteiger partial charge in [0, 0.05) is 38.8 Å². The van der Waals surface area contributed by atoms with Crippen LogP contribution in [0.4, 0.5) is 5.69 Å². The molecule has 1 N–H and O–H groups in total. The number of amides is 1. The Kier molecular flexibility index (Phi) is 5.52. The van der Waals surface area contributed by atoms with Crippen molar-refractivity contribution in [3.63, 3.8) is 0 Å². The molecular formula is C24H24N2O5. The van der Waals surface area contributed by atoms with Gasteiger partial charge in [0.1, 0.15) is 5.58 Å². The lowest BCUT2D eigenvalue weighted by molar-refractivity contribution is -0.130. The number of aliphatic hydroxyl groups excluding tert-OH is 1. The minimum absolute atomic E-state index is 0.0118. The molecule has 0 fully saturated rings. The fraction of sp³-hybridized carbons (Fsp3) is 0.250. The number of furan rings is 1. The van der Waals surface area contributed by atoms with E-state index in [0.29, 0.717) is 5.58 Å². The minimum Gasteiger partial charge on any atom is -0.503 e. The first-order valence-electron chi connectivity index (χ1n) is 9.96. The molecule has 1 aromatic heterocycles. The minimum atomic E-state index is -0.737. The Labute approximate surface area is 180 Å². The summed E-state index contributed by atoms with van der Waals surface area (Å²) >= 11 is 0. The summed E-state index contributed by atoms with van der Waals surface area (Å²) in [4.78, 5) is 29.7. The quantitative estimate of drug-likeness (QED) is 0.587. The van der Waals surface area contributed by atoms with Crippen LogP contribution in [0.2, 0.25) is 0 Å². The smallest absolute Gasteiger partial charge is 0.290 e. The first-order valence-corrected chi connectivity index (χ1v) is 9.96. The van der Waals surface area contributed by atoms with Crippen molar-refractivity contribution in [2.24, 2.45) is 0 Å². The maximum atomic E-state index is 13.4. The third kappa shape index (κ3) is 3.68. The molecule has 0 aliphatic carbocycles. The second-order valence-electron chi connectivity index (χ2n) is 7.62. The van der Waals surface area contributed by atoms with Gasteiger partial charge in [-0.1, -0.05) is 30.3 Å². The van der Waals surface area contributed by atoms with Crippen LogP contribution >= 0.6 is 0 Å². The maximum Gasteiger partial charge on any atom is 0.290 e. The van der Waals surface area contributed by atoms with Crippen LogP contribution in [-0.2, 0) is 9.53 Å². The second kappa shape index (κ2) is 8.28. The van der Waals surface area contributed by atoms with Crippen molar-refractivity contribution in [3.8, 4) is 0 Å². The highest BCUT2D eigenvalue weighted by atomic mass is 16.5. The largest absolute Gasteiger partial charge is 0.503 e. The van der Waals surface area contributed by atoms with E-state index in [0.717, 1.165) is 16.6 Å². The predicted molar refractivity (Wildman–Crippen MR) is 117 cm³/mol. The van der Waals surface area contributed by atoms with Crippen molar-refractivity contribution < 1.29 is 23.8 Å². The molecule has 1 amide bonds. The normalized spacial score (nSPS) is 16.4. The van der Waals surface area contributed by atoms with Crippen LogP contribution in [-0.4, -0.2) is 56.1 Å². The number of anilines is 1. The van der Waals surface area contributed by atoms with Crippen molar-refractivity contribution in [3.05, 3.63) is 77.3 Å². The summed E-state index contributed by atoms with van der Waals surface area (Å²) in [5, 5.41) is 11.5. The molecule has 1 aliphatic heterocycles. The first-order chi connectivity index (χ1) is 14.9. The van der Waals surface area contributed by atoms with Gasteiger partial charge in [-0.3, -0.25) is 9.59 Å². The molecule has 3 aromatic rings. The number of nitrogens with zero attached hydrogens (tertiary/aromatic N) is 2. The predicted octanol–water partition coefficient (Wildman–Crippen LogP) is 3.72. The van der Waals surface area contributed by atoms with Gasteiger partial charge >= 0.3 is 0 Å². The number of hydrogen-bond acceptors (Lipinski definition) is 6. The number of methoxy groups -OCH3 is 1. The fourth-order valence-electron chi connectivity index (χ4n) is 3.83. The van der Waals surface area contributed by atoms with E-state index in [1.807, 2.05) is 61.5 Å². The van der Waals surface area contributed by atoms with Gasteiger partial charge in [-0.15, -0.1) is 0 Å². The molecule has 31 heavy (non-hydrogen) atoms. The van der Waals surface area contributed by atoms with Crippen LogP contribution in [0.1, 0.15) is 22.2 Å². The second-order valence-corrected chi connectivity index (χ2v) is 7.62. The van der Waals surface area contributed by atoms with Gasteiger partial charge < -0.3 is 24.1 Å². The van der Waals surface area contributed by atoms with E-state index in [2.05, 4.69) is 0 Å². The molecule has 0 radical (unpaired) electrons. The Morgan fingerprint density at radius 2 is 1.87 bits per heavy atom. The summed E-state index contributed by atoms with van der Waals surface area (Å²) in [7, 11) is 5.40. The Bertz CT molecular complexity index is 1130. The van der Waals surface area contributed by atoms with Crippen LogP contribution in [0.25, 0.3) is 11.0 Å². The fourth-order valence-corrected chi connectivity index (χ4v) is 3.83. The number of aliphatic hydroxyl groups is 1. The number of para-hydroxylation sites is 1. The Hall–Kier alpha value is -3.58. The summed E-state index contributed by atoms with van der Waals surface area (Å²) < 4.78 is 10.9. The molecule has 1 unspecified atom stereocenters. The summed E-state index contributed by atoms with van der Waals surface area (Å²) in [5.41, 5.74) is 2.28. The third-order valence-electron chi connectivity index (χ3n) is 5.46. The van der Waals surface area contributed by atoms with Crippen LogP contribution in [0, 0.1) is 0 Å². The van der Waals surface area contributed by atoms with E-state index in [1.165, 1.54) is 12.0 Å². The maximum absolute atomic E-state index is 13.4. The molecule has 0 saturated heterocycles. The number of fused-ring (bicyclic) bond motifs is 1. The molecular weight excluding hydrogens is 396 g/mol. The van der Waals surface area contributed by atoms with Gasteiger partial charge in [0.15, 0.2) is 11.5 Å². The summed E-state index contributed by atoms with van der Waals surface area (Å²) in [6.07, 6.45) is 0. The number of carbonyl (C=O) groups excluding carboxylic acids is 2. The number of rotatable bonds is 7. The molecule has 160 valence electrons. The zero-order chi connectivity index (χ0) is 22.1. The zero-order valence-electron chi connectivity index (χ0n) is 17.7. The number of ether oxygens (including phenoxy) is 1. The van der Waals surface area contributed by atoms with E-state index < -0.39 is 23.5 Å². The molecule has 4 rings (SSSR count). The number of benzene rings is 2. The molecule has 1 atom stereocenters. The van der Waals surface area contributed by atoms with Gasteiger partial charge in [-0.05, 0) is 29.8 Å². The molecule has 2 heterocycles. The van der Waals surface area contributed by atoms with Crippen LogP contribution < -0.4 is 4.90 Å². The van der Waals surface area contributed by atoms with Crippen molar-refractivity contribution in [1.82, 2.24) is 4.90 Å². The molecule has 1 aliphatic rings. The molecule has 7 nitrogen and oxygen atoms in total. The van der Waals surface area contributed by atoms with Crippen LogP contribution in [0.3, 0.4) is 0 Å². The lowest BCUT2D eigenvalue weighted by atomic mass is 9.94. The third-order valence-corrected chi connectivity index (χ3v) is 5.46. The van der Waals surface area contributed by atoms with E-state index in [9.17, 15) is 14.7 Å². The van der Waals surface area contributed by atoms with Gasteiger partial charge in [-0.2, -0.15) is 0 Å². The summed E-state index contributed by atoms with van der Waals surface area (Å²) in [6.45, 7) is 0.508. The monoisotopic (exact) mass is 420 g/mol. The lowest BCUT2D eigenvalue weighted by Gasteiger charge is -2.26. The standard InChI is InChI=1S/C24H24N2O5/c1-25(2)17-10-8-15(9-11-17)21-20(23(28)24(29)26(21)12-13-30-3)22(27)19-14-16-6-4-5-7-18(16)31-19/h4-11,14,21,28H,12-13H2,1-3H3. The van der Waals surface area contributed by atoms with E-state index in [-0.39, 0.29) is 24.5 Å². The SMILES string of the molecule is COCCN1C(=O)C(O)=C(C(=O)c2cc3ccccc3o2)C1c1ccc(N(C)C)cc1. The topological polar surface area (TPSA) is 83.2 Å². The average Bonchev–Trinajstić information content (AvgIpc) is 3.31. The van der Waals surface area contributed by atoms with Crippen molar-refractivity contribution in [2.45, 2.75) is 6.04 Å². The van der Waals surface area contributed by atoms with Crippen molar-refractivity contribution in [1.29, 1.82) is 0 Å². The summed E-state index contributed by atoms with van der Waals surface area (Å²) in [6, 6.07) is 15.7. The molecule has 0 spiro atoms. The molecule has 0 bridgehead atoms. The van der Waals surface area contributed by atoms with Crippen LogP contribution in [0.15, 0.2) is 70.3 Å². The highest BCUT2D eigenvalue weighted by Gasteiger charge is 2.44. The van der Waals surface area contributed by atoms with Crippen LogP contribution in [0.5, 0.6) is 0 Å². The Morgan fingerprint density at radius 3 is 2.52 bits per heavy atom. The van der Waals surface area contributed by atoms with Crippen molar-refractivity contribution >= 4 is 28.3 Å². The number of Topliss-reactive ketones (excluding diaryl/α,β-unsaturated/α-hetero) is 1. The molecule has 2 aromatic carbocycles. The van der Waals surface area contributed by atoms with Gasteiger partial charge in [0.25, 0.3) is 5.91 Å². The average molecular weight is 420 g/mol. The molecule has 0 saturated carbocycles. The van der Waals surface area contributed by atoms with Gasteiger partial charge in [0.2, 0.25) is 5.78 Å². The Morgan fingerprint density at radius 1 is 1.16 bits per heavy atom. The molecule has 7 heteroatoms. The van der Waals surface area contributed by atoms with Crippen molar-refractivity contribution in [2.75, 3.05) is 39.3 Å². The van der Waals surface area contributed by atoms with Gasteiger partial charge in [0.05, 0.1) is 18.2 Å². The number of hydrogen-bond donors (Lipinski definition) is 1. The first kappa shape index (κ1) is 20.7. The highest BCUT2D eigenvalue weighted by molar-refractivity contribution is 6.16. The van der Waals surface area contributed by atoms with E-state index in [4.69, 9.17) is 9.15 Å². The highest BCUT2D eigenvalue weighted by Crippen LogP contribution is 2.39. The van der Waals surface area contributed by atoms with Gasteiger partial charge in [-0.25, -0.2) is 0 Å². The van der Waals surface area contributed by atoms with E-state index >= 15 is 0 Å². The van der Waals surface area contributed by atoms with E-state index in [1.54, 1.807) is 12.1 Å². The number of ketones is 1.